The zero-order chi connectivity index (χ0) is 38.1. The lowest BCUT2D eigenvalue weighted by atomic mass is 9.67. The predicted octanol–water partition coefficient (Wildman–Crippen LogP) is 14.6. The van der Waals surface area contributed by atoms with E-state index in [-0.39, 0.29) is 5.41 Å². The lowest BCUT2D eigenvalue weighted by Gasteiger charge is -2.36. The van der Waals surface area contributed by atoms with Crippen LogP contribution in [0.3, 0.4) is 0 Å². The molecular weight excluding hydrogens is 687 g/mol. The van der Waals surface area contributed by atoms with Crippen molar-refractivity contribution in [3.8, 4) is 33.4 Å². The van der Waals surface area contributed by atoms with E-state index in [1.165, 1.54) is 83.2 Å². The summed E-state index contributed by atoms with van der Waals surface area (Å²) in [5, 5.41) is 2.49. The first-order valence-corrected chi connectivity index (χ1v) is 20.0. The van der Waals surface area contributed by atoms with Gasteiger partial charge in [0.25, 0.3) is 0 Å². The van der Waals surface area contributed by atoms with E-state index in [1.807, 2.05) is 0 Å². The molecular formula is C56H41N. The first kappa shape index (κ1) is 33.4. The van der Waals surface area contributed by atoms with Gasteiger partial charge in [0.2, 0.25) is 0 Å². The van der Waals surface area contributed by atoms with E-state index in [1.54, 1.807) is 0 Å². The minimum absolute atomic E-state index is 0.207. The smallest absolute Gasteiger partial charge is 0.0714 e. The van der Waals surface area contributed by atoms with Crippen LogP contribution in [-0.2, 0) is 10.8 Å². The summed E-state index contributed by atoms with van der Waals surface area (Å²) in [5.41, 5.74) is 18.2. The zero-order valence-electron chi connectivity index (χ0n) is 32.2. The third-order valence-electron chi connectivity index (χ3n) is 12.7. The number of rotatable bonds is 6. The van der Waals surface area contributed by atoms with Crippen molar-refractivity contribution in [1.82, 2.24) is 0 Å². The molecule has 0 aromatic heterocycles. The SMILES string of the molecule is CC1(C)c2ccccc2-c2cccc(N(c3cccc(-c4ccc5ccccc5c4)c3)c3ccc4c(c3)C(c3ccccc3)(c3ccccc3)c3ccccc3-4)c21. The van der Waals surface area contributed by atoms with Gasteiger partial charge in [0.1, 0.15) is 0 Å². The summed E-state index contributed by atoms with van der Waals surface area (Å²) in [6.07, 6.45) is 0. The average Bonchev–Trinajstić information content (AvgIpc) is 3.70. The van der Waals surface area contributed by atoms with Crippen LogP contribution in [0.15, 0.2) is 212 Å². The van der Waals surface area contributed by atoms with Crippen molar-refractivity contribution in [3.63, 3.8) is 0 Å². The number of fused-ring (bicyclic) bond motifs is 7. The Hall–Kier alpha value is -6.96. The Morgan fingerprint density at radius 1 is 0.351 bits per heavy atom. The Labute approximate surface area is 335 Å². The maximum Gasteiger partial charge on any atom is 0.0714 e. The van der Waals surface area contributed by atoms with Crippen molar-refractivity contribution in [2.45, 2.75) is 24.7 Å². The highest BCUT2D eigenvalue weighted by Gasteiger charge is 2.46. The fraction of sp³-hybridized carbons (Fsp3) is 0.0714. The van der Waals surface area contributed by atoms with Crippen LogP contribution in [0.4, 0.5) is 17.1 Å². The zero-order valence-corrected chi connectivity index (χ0v) is 32.2. The molecule has 0 spiro atoms. The molecule has 0 atom stereocenters. The first-order valence-electron chi connectivity index (χ1n) is 20.0. The van der Waals surface area contributed by atoms with Gasteiger partial charge >= 0.3 is 0 Å². The minimum atomic E-state index is -0.503. The molecule has 0 amide bonds. The van der Waals surface area contributed by atoms with E-state index in [9.17, 15) is 0 Å². The van der Waals surface area contributed by atoms with E-state index >= 15 is 0 Å². The van der Waals surface area contributed by atoms with Crippen molar-refractivity contribution in [2.24, 2.45) is 0 Å². The Bertz CT molecular complexity index is 2950. The van der Waals surface area contributed by atoms with Crippen LogP contribution in [0.5, 0.6) is 0 Å². The first-order chi connectivity index (χ1) is 28.0. The van der Waals surface area contributed by atoms with Gasteiger partial charge in [-0.1, -0.05) is 190 Å². The van der Waals surface area contributed by atoms with E-state index in [0.29, 0.717) is 0 Å². The number of hydrogen-bond acceptors (Lipinski definition) is 1. The van der Waals surface area contributed by atoms with Gasteiger partial charge < -0.3 is 4.90 Å². The molecule has 1 heteroatoms. The Morgan fingerprint density at radius 3 is 1.67 bits per heavy atom. The van der Waals surface area contributed by atoms with Crippen LogP contribution in [0.2, 0.25) is 0 Å². The third kappa shape index (κ3) is 4.95. The van der Waals surface area contributed by atoms with Crippen LogP contribution in [0, 0.1) is 0 Å². The second-order valence-electron chi connectivity index (χ2n) is 16.1. The van der Waals surface area contributed by atoms with Gasteiger partial charge in [0.15, 0.2) is 0 Å². The Kier molecular flexibility index (Phi) is 7.50. The lowest BCUT2D eigenvalue weighted by molar-refractivity contribution is 0.661. The molecule has 9 aromatic rings. The summed E-state index contributed by atoms with van der Waals surface area (Å²) < 4.78 is 0. The average molecular weight is 728 g/mol. The summed E-state index contributed by atoms with van der Waals surface area (Å²) in [6.45, 7) is 4.78. The van der Waals surface area contributed by atoms with Gasteiger partial charge in [-0.25, -0.2) is 0 Å². The Morgan fingerprint density at radius 2 is 0.912 bits per heavy atom. The maximum atomic E-state index is 2.53. The standard InChI is InChI=1S/C56H41N/c1-55(2)50-28-13-11-26-47(50)49-27-16-30-53(54(49)55)57(44-24-15-19-40(36-44)41-32-31-38-17-9-10-18-39(38)35-41)45-33-34-48-46-25-12-14-29-51(46)56(52(48)37-45,42-20-5-3-6-21-42)43-22-7-4-8-23-43/h3-37H,1-2H3. The fourth-order valence-corrected chi connectivity index (χ4v) is 10.2. The molecule has 9 aromatic carbocycles. The number of anilines is 3. The van der Waals surface area contributed by atoms with Gasteiger partial charge in [-0.15, -0.1) is 0 Å². The monoisotopic (exact) mass is 727 g/mol. The van der Waals surface area contributed by atoms with Crippen LogP contribution < -0.4 is 4.90 Å². The molecule has 0 heterocycles. The second kappa shape index (κ2) is 12.8. The van der Waals surface area contributed by atoms with E-state index in [4.69, 9.17) is 0 Å². The molecule has 0 radical (unpaired) electrons. The predicted molar refractivity (Wildman–Crippen MR) is 239 cm³/mol. The third-order valence-corrected chi connectivity index (χ3v) is 12.7. The van der Waals surface area contributed by atoms with Gasteiger partial charge in [0.05, 0.1) is 11.1 Å². The number of benzene rings is 9. The summed E-state index contributed by atoms with van der Waals surface area (Å²) in [5.74, 6) is 0. The molecule has 0 N–H and O–H groups in total. The quantitative estimate of drug-likeness (QED) is 0.165. The molecule has 0 fully saturated rings. The minimum Gasteiger partial charge on any atom is -0.310 e. The molecule has 270 valence electrons. The van der Waals surface area contributed by atoms with Crippen molar-refractivity contribution >= 4 is 27.8 Å². The van der Waals surface area contributed by atoms with Crippen molar-refractivity contribution in [2.75, 3.05) is 4.90 Å². The molecule has 0 aliphatic heterocycles. The molecule has 1 nitrogen and oxygen atoms in total. The number of hydrogen-bond donors (Lipinski definition) is 0. The fourth-order valence-electron chi connectivity index (χ4n) is 10.2. The summed E-state index contributed by atoms with van der Waals surface area (Å²) in [4.78, 5) is 2.53. The topological polar surface area (TPSA) is 3.24 Å². The van der Waals surface area contributed by atoms with Crippen molar-refractivity contribution in [1.29, 1.82) is 0 Å². The van der Waals surface area contributed by atoms with Gasteiger partial charge in [-0.05, 0) is 114 Å². The molecule has 2 aliphatic carbocycles. The van der Waals surface area contributed by atoms with Crippen LogP contribution in [0.25, 0.3) is 44.2 Å². The largest absolute Gasteiger partial charge is 0.310 e. The van der Waals surface area contributed by atoms with E-state index < -0.39 is 5.41 Å². The Balaban J connectivity index is 1.19. The molecule has 11 rings (SSSR count). The van der Waals surface area contributed by atoms with Crippen molar-refractivity contribution < 1.29 is 0 Å². The highest BCUT2D eigenvalue weighted by molar-refractivity contribution is 5.94. The highest BCUT2D eigenvalue weighted by Crippen LogP contribution is 2.59. The molecule has 0 saturated heterocycles. The van der Waals surface area contributed by atoms with Gasteiger partial charge in [-0.3, -0.25) is 0 Å². The van der Waals surface area contributed by atoms with Gasteiger partial charge in [0, 0.05) is 16.8 Å². The van der Waals surface area contributed by atoms with Crippen LogP contribution in [-0.4, -0.2) is 0 Å². The van der Waals surface area contributed by atoms with Crippen LogP contribution in [0.1, 0.15) is 47.2 Å². The van der Waals surface area contributed by atoms with Crippen molar-refractivity contribution in [3.05, 3.63) is 246 Å². The van der Waals surface area contributed by atoms with E-state index in [0.717, 1.165) is 11.4 Å². The molecule has 2 aliphatic rings. The molecule has 0 bridgehead atoms. The lowest BCUT2D eigenvalue weighted by Crippen LogP contribution is -2.28. The van der Waals surface area contributed by atoms with Gasteiger partial charge in [-0.2, -0.15) is 0 Å². The summed E-state index contributed by atoms with van der Waals surface area (Å²) in [7, 11) is 0. The number of nitrogens with zero attached hydrogens (tertiary/aromatic N) is 1. The second-order valence-corrected chi connectivity index (χ2v) is 16.1. The maximum absolute atomic E-state index is 2.53. The van der Waals surface area contributed by atoms with Crippen LogP contribution >= 0.6 is 0 Å². The summed E-state index contributed by atoms with van der Waals surface area (Å²) >= 11 is 0. The summed E-state index contributed by atoms with van der Waals surface area (Å²) in [6, 6.07) is 78.8. The highest BCUT2D eigenvalue weighted by atomic mass is 15.1. The molecule has 57 heavy (non-hydrogen) atoms. The molecule has 0 saturated carbocycles. The van der Waals surface area contributed by atoms with E-state index in [2.05, 4.69) is 231 Å². The molecule has 0 unspecified atom stereocenters. The normalized spacial score (nSPS) is 14.1.